The highest BCUT2D eigenvalue weighted by Crippen LogP contribution is 2.25. The van der Waals surface area contributed by atoms with E-state index in [0.717, 1.165) is 22.7 Å². The Labute approximate surface area is 116 Å². The van der Waals surface area contributed by atoms with Crippen molar-refractivity contribution in [2.24, 2.45) is 11.7 Å². The molecule has 0 bridgehead atoms. The number of nitrogens with zero attached hydrogens (tertiary/aromatic N) is 1. The molecule has 3 amide bonds. The number of aryl methyl sites for hydroxylation is 1. The van der Waals surface area contributed by atoms with Crippen molar-refractivity contribution in [3.63, 3.8) is 0 Å². The van der Waals surface area contributed by atoms with Crippen LogP contribution in [0.25, 0.3) is 0 Å². The van der Waals surface area contributed by atoms with E-state index in [2.05, 4.69) is 5.32 Å². The maximum absolute atomic E-state index is 12.2. The van der Waals surface area contributed by atoms with Crippen LogP contribution in [0.3, 0.4) is 0 Å². The molecule has 0 unspecified atom stereocenters. The van der Waals surface area contributed by atoms with Gasteiger partial charge in [-0.2, -0.15) is 0 Å². The first-order chi connectivity index (χ1) is 8.97. The van der Waals surface area contributed by atoms with Crippen LogP contribution < -0.4 is 11.1 Å². The highest BCUT2D eigenvalue weighted by molar-refractivity contribution is 7.16. The Hall–Kier alpha value is -1.56. The van der Waals surface area contributed by atoms with Gasteiger partial charge in [0.1, 0.15) is 0 Å². The zero-order valence-corrected chi connectivity index (χ0v) is 12.0. The van der Waals surface area contributed by atoms with Crippen molar-refractivity contribution in [1.29, 1.82) is 0 Å². The van der Waals surface area contributed by atoms with E-state index in [1.165, 1.54) is 11.3 Å². The molecule has 1 aliphatic heterocycles. The number of urea groups is 1. The molecule has 5 nitrogen and oxygen atoms in total. The van der Waals surface area contributed by atoms with Crippen LogP contribution in [0.1, 0.15) is 24.6 Å². The summed E-state index contributed by atoms with van der Waals surface area (Å²) in [6, 6.07) is 3.83. The Bertz CT molecular complexity index is 486. The molecule has 2 heterocycles. The number of nitrogens with two attached hydrogens (primary N) is 1. The van der Waals surface area contributed by atoms with Crippen molar-refractivity contribution in [2.45, 2.75) is 32.7 Å². The number of anilines is 1. The third kappa shape index (κ3) is 3.26. The fourth-order valence-electron chi connectivity index (χ4n) is 2.30. The number of carbonyl (C=O) groups is 2. The number of piperidine rings is 1. The van der Waals surface area contributed by atoms with Crippen molar-refractivity contribution in [3.05, 3.63) is 17.0 Å². The van der Waals surface area contributed by atoms with E-state index in [1.807, 2.05) is 26.0 Å². The number of thiophene rings is 1. The van der Waals surface area contributed by atoms with Crippen LogP contribution in [0.4, 0.5) is 9.80 Å². The molecule has 2 atom stereocenters. The summed E-state index contributed by atoms with van der Waals surface area (Å²) < 4.78 is 0. The van der Waals surface area contributed by atoms with Crippen molar-refractivity contribution in [3.8, 4) is 0 Å². The standard InChI is InChI=1S/C13H19N3O2S/c1-8-3-5-10(12(14)17)7-16(8)13(18)15-11-6-4-9(2)19-11/h4,6,8,10H,3,5,7H2,1-2H3,(H2,14,17)(H,15,18)/t8-,10-/m0/s1. The maximum atomic E-state index is 12.2. The van der Waals surface area contributed by atoms with Gasteiger partial charge in [0.15, 0.2) is 0 Å². The van der Waals surface area contributed by atoms with Crippen LogP contribution >= 0.6 is 11.3 Å². The van der Waals surface area contributed by atoms with Crippen LogP contribution in [0.15, 0.2) is 12.1 Å². The summed E-state index contributed by atoms with van der Waals surface area (Å²) in [6.45, 7) is 4.40. The van der Waals surface area contributed by atoms with E-state index in [0.29, 0.717) is 6.54 Å². The fraction of sp³-hybridized carbons (Fsp3) is 0.538. The second-order valence-corrected chi connectivity index (χ2v) is 6.31. The van der Waals surface area contributed by atoms with Gasteiger partial charge in [-0.05, 0) is 38.8 Å². The Balaban J connectivity index is 2.02. The van der Waals surface area contributed by atoms with Gasteiger partial charge in [-0.25, -0.2) is 4.79 Å². The number of hydrogen-bond donors (Lipinski definition) is 2. The Morgan fingerprint density at radius 2 is 2.16 bits per heavy atom. The highest BCUT2D eigenvalue weighted by Gasteiger charge is 2.31. The van der Waals surface area contributed by atoms with Gasteiger partial charge < -0.3 is 10.6 Å². The number of likely N-dealkylation sites (tertiary alicyclic amines) is 1. The molecule has 6 heteroatoms. The Morgan fingerprint density at radius 1 is 1.42 bits per heavy atom. The van der Waals surface area contributed by atoms with Gasteiger partial charge in [-0.3, -0.25) is 10.1 Å². The number of amides is 3. The topological polar surface area (TPSA) is 75.4 Å². The van der Waals surface area contributed by atoms with Gasteiger partial charge in [-0.1, -0.05) is 0 Å². The molecule has 1 saturated heterocycles. The molecule has 0 spiro atoms. The Kier molecular flexibility index (Phi) is 4.09. The molecule has 2 rings (SSSR count). The molecule has 3 N–H and O–H groups in total. The van der Waals surface area contributed by atoms with Gasteiger partial charge in [-0.15, -0.1) is 11.3 Å². The van der Waals surface area contributed by atoms with E-state index in [4.69, 9.17) is 5.73 Å². The lowest BCUT2D eigenvalue weighted by atomic mass is 9.93. The molecule has 1 aliphatic rings. The minimum atomic E-state index is -0.323. The summed E-state index contributed by atoms with van der Waals surface area (Å²) in [7, 11) is 0. The summed E-state index contributed by atoms with van der Waals surface area (Å²) in [5.41, 5.74) is 5.34. The zero-order chi connectivity index (χ0) is 14.0. The maximum Gasteiger partial charge on any atom is 0.322 e. The first-order valence-corrected chi connectivity index (χ1v) is 7.22. The zero-order valence-electron chi connectivity index (χ0n) is 11.2. The molecule has 0 saturated carbocycles. The predicted molar refractivity (Wildman–Crippen MR) is 76.2 cm³/mol. The normalized spacial score (nSPS) is 23.2. The van der Waals surface area contributed by atoms with Crippen molar-refractivity contribution >= 4 is 28.3 Å². The third-order valence-electron chi connectivity index (χ3n) is 3.52. The Morgan fingerprint density at radius 3 is 2.74 bits per heavy atom. The smallest absolute Gasteiger partial charge is 0.322 e. The summed E-state index contributed by atoms with van der Waals surface area (Å²) in [6.07, 6.45) is 1.57. The monoisotopic (exact) mass is 281 g/mol. The molecule has 1 fully saturated rings. The lowest BCUT2D eigenvalue weighted by Gasteiger charge is -2.36. The number of nitrogens with one attached hydrogen (secondary N) is 1. The quantitative estimate of drug-likeness (QED) is 0.871. The average Bonchev–Trinajstić information content (AvgIpc) is 2.74. The van der Waals surface area contributed by atoms with Crippen LogP contribution in [0, 0.1) is 12.8 Å². The van der Waals surface area contributed by atoms with Crippen LogP contribution in [0.5, 0.6) is 0 Å². The van der Waals surface area contributed by atoms with E-state index < -0.39 is 0 Å². The number of carbonyl (C=O) groups excluding carboxylic acids is 2. The lowest BCUT2D eigenvalue weighted by molar-refractivity contribution is -0.123. The van der Waals surface area contributed by atoms with Crippen molar-refractivity contribution in [1.82, 2.24) is 4.90 Å². The average molecular weight is 281 g/mol. The molecule has 0 aliphatic carbocycles. The van der Waals surface area contributed by atoms with Crippen LogP contribution in [-0.4, -0.2) is 29.4 Å². The summed E-state index contributed by atoms with van der Waals surface area (Å²) in [5, 5.41) is 3.71. The van der Waals surface area contributed by atoms with E-state index >= 15 is 0 Å². The largest absolute Gasteiger partial charge is 0.369 e. The fourth-order valence-corrected chi connectivity index (χ4v) is 3.06. The van der Waals surface area contributed by atoms with Crippen LogP contribution in [0.2, 0.25) is 0 Å². The van der Waals surface area contributed by atoms with Gasteiger partial charge in [0.05, 0.1) is 10.9 Å². The molecule has 1 aromatic rings. The van der Waals surface area contributed by atoms with Crippen LogP contribution in [-0.2, 0) is 4.79 Å². The summed E-state index contributed by atoms with van der Waals surface area (Å²) in [4.78, 5) is 26.3. The molecule has 0 aromatic carbocycles. The van der Waals surface area contributed by atoms with Gasteiger partial charge in [0, 0.05) is 17.5 Å². The van der Waals surface area contributed by atoms with Crippen molar-refractivity contribution < 1.29 is 9.59 Å². The molecule has 19 heavy (non-hydrogen) atoms. The molecular formula is C13H19N3O2S. The van der Waals surface area contributed by atoms with Crippen molar-refractivity contribution in [2.75, 3.05) is 11.9 Å². The minimum absolute atomic E-state index is 0.136. The van der Waals surface area contributed by atoms with E-state index in [9.17, 15) is 9.59 Å². The SMILES string of the molecule is Cc1ccc(NC(=O)N2C[C@@H](C(N)=O)CC[C@@H]2C)s1. The van der Waals surface area contributed by atoms with Gasteiger partial charge in [0.25, 0.3) is 0 Å². The highest BCUT2D eigenvalue weighted by atomic mass is 32.1. The lowest BCUT2D eigenvalue weighted by Crippen LogP contribution is -2.50. The molecular weight excluding hydrogens is 262 g/mol. The minimum Gasteiger partial charge on any atom is -0.369 e. The first kappa shape index (κ1) is 13.9. The number of primary amides is 1. The third-order valence-corrected chi connectivity index (χ3v) is 4.43. The second kappa shape index (κ2) is 5.61. The van der Waals surface area contributed by atoms with E-state index in [-0.39, 0.29) is 23.9 Å². The number of rotatable bonds is 2. The number of hydrogen-bond acceptors (Lipinski definition) is 3. The summed E-state index contributed by atoms with van der Waals surface area (Å²) >= 11 is 1.54. The predicted octanol–water partition coefficient (Wildman–Crippen LogP) is 2.17. The summed E-state index contributed by atoms with van der Waals surface area (Å²) in [5.74, 6) is -0.552. The molecule has 0 radical (unpaired) electrons. The van der Waals surface area contributed by atoms with Gasteiger partial charge in [0.2, 0.25) is 5.91 Å². The molecule has 1 aromatic heterocycles. The van der Waals surface area contributed by atoms with E-state index in [1.54, 1.807) is 4.90 Å². The molecule has 104 valence electrons. The van der Waals surface area contributed by atoms with Gasteiger partial charge >= 0.3 is 6.03 Å². The first-order valence-electron chi connectivity index (χ1n) is 6.40. The second-order valence-electron chi connectivity index (χ2n) is 5.02.